The van der Waals surface area contributed by atoms with Crippen LogP contribution in [0.25, 0.3) is 0 Å². The van der Waals surface area contributed by atoms with Crippen molar-refractivity contribution in [3.63, 3.8) is 0 Å². The van der Waals surface area contributed by atoms with Crippen LogP contribution < -0.4 is 5.32 Å². The molecule has 5 heteroatoms. The van der Waals surface area contributed by atoms with Crippen LogP contribution in [0.2, 0.25) is 0 Å². The Kier molecular flexibility index (Phi) is 3.38. The zero-order chi connectivity index (χ0) is 11.4. The minimum atomic E-state index is -0.599. The number of rotatable bonds is 2. The Morgan fingerprint density at radius 3 is 2.60 bits per heavy atom. The van der Waals surface area contributed by atoms with Crippen LogP contribution in [0.4, 0.5) is 10.1 Å². The topological polar surface area (TPSA) is 55.4 Å². The minimum Gasteiger partial charge on any atom is -0.465 e. The van der Waals surface area contributed by atoms with E-state index in [4.69, 9.17) is 0 Å². The number of benzene rings is 1. The van der Waals surface area contributed by atoms with Crippen molar-refractivity contribution < 1.29 is 18.7 Å². The number of carbonyl (C=O) groups is 2. The Hall–Kier alpha value is -1.91. The minimum absolute atomic E-state index is 0.0367. The third kappa shape index (κ3) is 2.77. The maximum Gasteiger partial charge on any atom is 0.337 e. The number of nitrogens with one attached hydrogen (secondary N) is 1. The van der Waals surface area contributed by atoms with Gasteiger partial charge in [-0.1, -0.05) is 0 Å². The van der Waals surface area contributed by atoms with Crippen LogP contribution in [0.3, 0.4) is 0 Å². The second-order valence-corrected chi connectivity index (χ2v) is 2.87. The van der Waals surface area contributed by atoms with Gasteiger partial charge in [-0.3, -0.25) is 4.79 Å². The third-order valence-corrected chi connectivity index (χ3v) is 1.70. The van der Waals surface area contributed by atoms with E-state index in [1.807, 2.05) is 0 Å². The van der Waals surface area contributed by atoms with E-state index in [0.29, 0.717) is 0 Å². The van der Waals surface area contributed by atoms with Gasteiger partial charge in [0, 0.05) is 6.92 Å². The van der Waals surface area contributed by atoms with E-state index in [0.717, 1.165) is 6.07 Å². The quantitative estimate of drug-likeness (QED) is 0.755. The first-order valence-corrected chi connectivity index (χ1v) is 4.20. The van der Waals surface area contributed by atoms with E-state index in [9.17, 15) is 14.0 Å². The molecule has 0 spiro atoms. The Morgan fingerprint density at radius 1 is 1.40 bits per heavy atom. The van der Waals surface area contributed by atoms with Gasteiger partial charge in [-0.2, -0.15) is 0 Å². The third-order valence-electron chi connectivity index (χ3n) is 1.70. The van der Waals surface area contributed by atoms with Gasteiger partial charge in [-0.25, -0.2) is 9.18 Å². The Bertz CT molecular complexity index is 404. The van der Waals surface area contributed by atoms with Crippen LogP contribution in [0, 0.1) is 5.82 Å². The number of methoxy groups -OCH3 is 1. The Labute approximate surface area is 86.0 Å². The van der Waals surface area contributed by atoms with Crippen LogP contribution in [-0.2, 0) is 9.53 Å². The van der Waals surface area contributed by atoms with Gasteiger partial charge in [0.2, 0.25) is 5.91 Å². The van der Waals surface area contributed by atoms with Crippen LogP contribution in [-0.4, -0.2) is 19.0 Å². The van der Waals surface area contributed by atoms with Gasteiger partial charge in [-0.15, -0.1) is 0 Å². The predicted molar refractivity (Wildman–Crippen MR) is 52.0 cm³/mol. The molecule has 80 valence electrons. The van der Waals surface area contributed by atoms with Gasteiger partial charge in [0.1, 0.15) is 5.82 Å². The maximum atomic E-state index is 13.1. The zero-order valence-electron chi connectivity index (χ0n) is 8.33. The lowest BCUT2D eigenvalue weighted by molar-refractivity contribution is -0.114. The summed E-state index contributed by atoms with van der Waals surface area (Å²) < 4.78 is 17.6. The first-order chi connectivity index (χ1) is 7.04. The van der Waals surface area contributed by atoms with Crippen LogP contribution in [0.5, 0.6) is 0 Å². The van der Waals surface area contributed by atoms with E-state index < -0.39 is 17.7 Å². The van der Waals surface area contributed by atoms with Crippen LogP contribution in [0.15, 0.2) is 18.2 Å². The monoisotopic (exact) mass is 211 g/mol. The summed E-state index contributed by atoms with van der Waals surface area (Å²) in [6.07, 6.45) is 0. The maximum absolute atomic E-state index is 13.1. The highest BCUT2D eigenvalue weighted by Gasteiger charge is 2.10. The lowest BCUT2D eigenvalue weighted by Gasteiger charge is -2.05. The summed E-state index contributed by atoms with van der Waals surface area (Å²) in [5.74, 6) is -1.59. The van der Waals surface area contributed by atoms with Gasteiger partial charge in [0.15, 0.2) is 0 Å². The Morgan fingerprint density at radius 2 is 2.07 bits per heavy atom. The fourth-order valence-corrected chi connectivity index (χ4v) is 1.06. The lowest BCUT2D eigenvalue weighted by Crippen LogP contribution is -2.09. The molecule has 1 aromatic rings. The average Bonchev–Trinajstić information content (AvgIpc) is 2.19. The van der Waals surface area contributed by atoms with Crippen molar-refractivity contribution in [2.75, 3.05) is 12.4 Å². The molecule has 0 aliphatic carbocycles. The highest BCUT2D eigenvalue weighted by atomic mass is 19.1. The number of hydrogen-bond acceptors (Lipinski definition) is 3. The number of amides is 1. The normalized spacial score (nSPS) is 9.53. The molecule has 0 aliphatic heterocycles. The Balaban J connectivity index is 3.05. The smallest absolute Gasteiger partial charge is 0.337 e. The molecule has 1 rings (SSSR count). The summed E-state index contributed by atoms with van der Waals surface area (Å²) in [7, 11) is 1.23. The highest BCUT2D eigenvalue weighted by Crippen LogP contribution is 2.16. The molecule has 0 fully saturated rings. The van der Waals surface area contributed by atoms with Crippen LogP contribution in [0.1, 0.15) is 17.3 Å². The van der Waals surface area contributed by atoms with Crippen molar-refractivity contribution in [3.05, 3.63) is 29.6 Å². The largest absolute Gasteiger partial charge is 0.465 e. The fraction of sp³-hybridized carbons (Fsp3) is 0.200. The summed E-state index contributed by atoms with van der Waals surface area (Å²) in [6, 6.07) is 3.60. The van der Waals surface area contributed by atoms with E-state index in [1.54, 1.807) is 0 Å². The van der Waals surface area contributed by atoms with Crippen molar-refractivity contribution in [2.24, 2.45) is 0 Å². The molecule has 0 aliphatic rings. The molecule has 0 atom stereocenters. The molecule has 4 nitrogen and oxygen atoms in total. The van der Waals surface area contributed by atoms with Crippen molar-refractivity contribution in [1.29, 1.82) is 0 Å². The summed E-state index contributed by atoms with van der Waals surface area (Å²) in [5.41, 5.74) is 0.146. The molecule has 1 amide bonds. The molecular formula is C10H10FNO3. The number of esters is 1. The highest BCUT2D eigenvalue weighted by molar-refractivity contribution is 5.93. The molecule has 0 saturated heterocycles. The second kappa shape index (κ2) is 4.54. The molecule has 0 bridgehead atoms. The number of ether oxygens (including phenoxy) is 1. The number of halogens is 1. The average molecular weight is 211 g/mol. The first-order valence-electron chi connectivity index (χ1n) is 4.20. The molecular weight excluding hydrogens is 201 g/mol. The molecule has 15 heavy (non-hydrogen) atoms. The van der Waals surface area contributed by atoms with Gasteiger partial charge in [-0.05, 0) is 18.2 Å². The van der Waals surface area contributed by atoms with E-state index in [1.165, 1.54) is 26.2 Å². The van der Waals surface area contributed by atoms with E-state index >= 15 is 0 Å². The molecule has 1 aromatic carbocycles. The fourth-order valence-electron chi connectivity index (χ4n) is 1.06. The standard InChI is InChI=1S/C10H10FNO3/c1-6(13)12-9-5-7(10(14)15-2)3-4-8(9)11/h3-5H,1-2H3,(H,12,13). The molecule has 0 heterocycles. The van der Waals surface area contributed by atoms with Gasteiger partial charge in [0.05, 0.1) is 18.4 Å². The molecule has 0 saturated carbocycles. The zero-order valence-corrected chi connectivity index (χ0v) is 8.33. The van der Waals surface area contributed by atoms with Crippen molar-refractivity contribution in [2.45, 2.75) is 6.92 Å². The summed E-state index contributed by atoms with van der Waals surface area (Å²) in [4.78, 5) is 21.8. The van der Waals surface area contributed by atoms with E-state index in [2.05, 4.69) is 10.1 Å². The van der Waals surface area contributed by atoms with Crippen molar-refractivity contribution >= 4 is 17.6 Å². The van der Waals surface area contributed by atoms with Crippen LogP contribution >= 0.6 is 0 Å². The van der Waals surface area contributed by atoms with Gasteiger partial charge >= 0.3 is 5.97 Å². The SMILES string of the molecule is COC(=O)c1ccc(F)c(NC(C)=O)c1. The molecule has 0 radical (unpaired) electrons. The molecule has 0 aromatic heterocycles. The van der Waals surface area contributed by atoms with Gasteiger partial charge < -0.3 is 10.1 Å². The second-order valence-electron chi connectivity index (χ2n) is 2.87. The molecule has 1 N–H and O–H groups in total. The summed E-state index contributed by atoms with van der Waals surface area (Å²) >= 11 is 0. The number of hydrogen-bond donors (Lipinski definition) is 1. The van der Waals surface area contributed by atoms with Gasteiger partial charge in [0.25, 0.3) is 0 Å². The van der Waals surface area contributed by atoms with Crippen molar-refractivity contribution in [1.82, 2.24) is 0 Å². The predicted octanol–water partition coefficient (Wildman–Crippen LogP) is 1.57. The summed E-state index contributed by atoms with van der Waals surface area (Å²) in [5, 5.41) is 2.27. The summed E-state index contributed by atoms with van der Waals surface area (Å²) in [6.45, 7) is 1.25. The molecule has 0 unspecified atom stereocenters. The van der Waals surface area contributed by atoms with Crippen molar-refractivity contribution in [3.8, 4) is 0 Å². The van der Waals surface area contributed by atoms with E-state index in [-0.39, 0.29) is 11.3 Å². The number of carbonyl (C=O) groups excluding carboxylic acids is 2. The first kappa shape index (κ1) is 11.2. The lowest BCUT2D eigenvalue weighted by atomic mass is 10.2. The number of anilines is 1.